The first-order chi connectivity index (χ1) is 13.5. The molecular formula is C20H22ClN3O4. The molecule has 3 N–H and O–H groups in total. The average molecular weight is 404 g/mol. The Hall–Kier alpha value is -2.80. The van der Waals surface area contributed by atoms with Crippen LogP contribution in [0.2, 0.25) is 5.02 Å². The molecule has 148 valence electrons. The van der Waals surface area contributed by atoms with E-state index in [4.69, 9.17) is 16.3 Å². The molecule has 8 heteroatoms. The number of ether oxygens (including phenoxy) is 1. The molecule has 7 nitrogen and oxygen atoms in total. The number of esters is 1. The van der Waals surface area contributed by atoms with Gasteiger partial charge in [-0.15, -0.1) is 0 Å². The molecule has 1 fully saturated rings. The summed E-state index contributed by atoms with van der Waals surface area (Å²) in [4.78, 5) is 39.3. The Morgan fingerprint density at radius 1 is 1.39 bits per heavy atom. The lowest BCUT2D eigenvalue weighted by Gasteiger charge is -2.17. The van der Waals surface area contributed by atoms with Crippen LogP contribution in [0.1, 0.15) is 30.3 Å². The Balaban J connectivity index is 1.74. The highest BCUT2D eigenvalue weighted by Crippen LogP contribution is 2.21. The van der Waals surface area contributed by atoms with Crippen molar-refractivity contribution in [1.82, 2.24) is 15.6 Å². The van der Waals surface area contributed by atoms with Crippen molar-refractivity contribution in [3.8, 4) is 0 Å². The zero-order valence-electron chi connectivity index (χ0n) is 15.5. The SMILES string of the molecule is CCOC(=O)C=C[C@H](C[C@@H]1CCNC1=O)NC(=O)c1cc2cc(Cl)ccc2[nH]1. The van der Waals surface area contributed by atoms with E-state index in [2.05, 4.69) is 15.6 Å². The van der Waals surface area contributed by atoms with Gasteiger partial charge in [0.15, 0.2) is 0 Å². The van der Waals surface area contributed by atoms with Crippen LogP contribution in [-0.4, -0.2) is 42.0 Å². The number of aromatic nitrogens is 1. The molecule has 0 radical (unpaired) electrons. The summed E-state index contributed by atoms with van der Waals surface area (Å²) < 4.78 is 4.89. The number of H-pyrrole nitrogens is 1. The van der Waals surface area contributed by atoms with E-state index in [-0.39, 0.29) is 24.3 Å². The van der Waals surface area contributed by atoms with Gasteiger partial charge in [0.05, 0.1) is 6.61 Å². The zero-order valence-corrected chi connectivity index (χ0v) is 16.2. The van der Waals surface area contributed by atoms with Crippen LogP contribution in [0.4, 0.5) is 0 Å². The quantitative estimate of drug-likeness (QED) is 0.488. The van der Waals surface area contributed by atoms with Crippen molar-refractivity contribution in [2.75, 3.05) is 13.2 Å². The molecule has 1 aromatic carbocycles. The summed E-state index contributed by atoms with van der Waals surface area (Å²) >= 11 is 5.99. The van der Waals surface area contributed by atoms with Crippen molar-refractivity contribution in [3.05, 3.63) is 47.1 Å². The van der Waals surface area contributed by atoms with Gasteiger partial charge in [-0.2, -0.15) is 0 Å². The van der Waals surface area contributed by atoms with Gasteiger partial charge >= 0.3 is 5.97 Å². The van der Waals surface area contributed by atoms with Gasteiger partial charge < -0.3 is 20.4 Å². The number of carbonyl (C=O) groups is 3. The minimum absolute atomic E-state index is 0.0379. The zero-order chi connectivity index (χ0) is 20.1. The number of halogens is 1. The predicted molar refractivity (Wildman–Crippen MR) is 106 cm³/mol. The summed E-state index contributed by atoms with van der Waals surface area (Å²) in [5.74, 6) is -1.06. The van der Waals surface area contributed by atoms with E-state index < -0.39 is 12.0 Å². The second kappa shape index (κ2) is 8.93. The lowest BCUT2D eigenvalue weighted by molar-refractivity contribution is -0.137. The maximum atomic E-state index is 12.7. The minimum atomic E-state index is -0.488. The Bertz CT molecular complexity index is 921. The van der Waals surface area contributed by atoms with Crippen molar-refractivity contribution in [2.24, 2.45) is 5.92 Å². The standard InChI is InChI=1S/C20H22ClN3O4/c1-2-28-18(25)6-4-15(10-12-7-8-22-19(12)26)23-20(27)17-11-13-9-14(21)3-5-16(13)24-17/h3-6,9,11-12,15,24H,2,7-8,10H2,1H3,(H,22,26)(H,23,27)/t12-,15+/m0/s1. The lowest BCUT2D eigenvalue weighted by Crippen LogP contribution is -2.36. The molecule has 0 bridgehead atoms. The highest BCUT2D eigenvalue weighted by molar-refractivity contribution is 6.31. The van der Waals surface area contributed by atoms with Crippen LogP contribution in [-0.2, 0) is 14.3 Å². The summed E-state index contributed by atoms with van der Waals surface area (Å²) in [6, 6.07) is 6.54. The fourth-order valence-corrected chi connectivity index (χ4v) is 3.40. The van der Waals surface area contributed by atoms with E-state index in [0.29, 0.717) is 30.1 Å². The van der Waals surface area contributed by atoms with E-state index in [1.807, 2.05) is 0 Å². The number of fused-ring (bicyclic) bond motifs is 1. The summed E-state index contributed by atoms with van der Waals surface area (Å²) in [7, 11) is 0. The number of hydrogen-bond acceptors (Lipinski definition) is 4. The molecule has 1 saturated heterocycles. The Labute approximate surface area is 167 Å². The number of amides is 2. The number of carbonyl (C=O) groups excluding carboxylic acids is 3. The highest BCUT2D eigenvalue weighted by atomic mass is 35.5. The monoisotopic (exact) mass is 403 g/mol. The van der Waals surface area contributed by atoms with Gasteiger partial charge in [-0.1, -0.05) is 17.7 Å². The van der Waals surface area contributed by atoms with Gasteiger partial charge in [0, 0.05) is 40.5 Å². The molecular weight excluding hydrogens is 382 g/mol. The molecule has 28 heavy (non-hydrogen) atoms. The van der Waals surface area contributed by atoms with Crippen LogP contribution < -0.4 is 10.6 Å². The van der Waals surface area contributed by atoms with Gasteiger partial charge in [0.2, 0.25) is 5.91 Å². The van der Waals surface area contributed by atoms with Gasteiger partial charge in [-0.05, 0) is 44.0 Å². The van der Waals surface area contributed by atoms with Gasteiger partial charge in [-0.3, -0.25) is 9.59 Å². The molecule has 1 aliphatic rings. The number of hydrogen-bond donors (Lipinski definition) is 3. The van der Waals surface area contributed by atoms with Gasteiger partial charge in [0.1, 0.15) is 5.69 Å². The van der Waals surface area contributed by atoms with E-state index in [9.17, 15) is 14.4 Å². The molecule has 0 spiro atoms. The largest absolute Gasteiger partial charge is 0.463 e. The summed E-state index contributed by atoms with van der Waals surface area (Å²) in [6.07, 6.45) is 3.95. The van der Waals surface area contributed by atoms with E-state index in [0.717, 1.165) is 10.9 Å². The second-order valence-corrected chi connectivity index (χ2v) is 7.05. The molecule has 0 aliphatic carbocycles. The van der Waals surface area contributed by atoms with Crippen LogP contribution >= 0.6 is 11.6 Å². The molecule has 2 aromatic rings. The predicted octanol–water partition coefficient (Wildman–Crippen LogP) is 2.57. The number of rotatable bonds is 7. The Morgan fingerprint density at radius 2 is 2.21 bits per heavy atom. The third-order valence-electron chi connectivity index (χ3n) is 4.60. The third-order valence-corrected chi connectivity index (χ3v) is 4.83. The Morgan fingerprint density at radius 3 is 2.93 bits per heavy atom. The third kappa shape index (κ3) is 4.92. The van der Waals surface area contributed by atoms with Gasteiger partial charge in [0.25, 0.3) is 5.91 Å². The maximum absolute atomic E-state index is 12.7. The number of nitrogens with one attached hydrogen (secondary N) is 3. The normalized spacial score (nSPS) is 17.6. The van der Waals surface area contributed by atoms with Crippen LogP contribution in [0.15, 0.2) is 36.4 Å². The van der Waals surface area contributed by atoms with Crippen LogP contribution in [0, 0.1) is 5.92 Å². The minimum Gasteiger partial charge on any atom is -0.463 e. The topological polar surface area (TPSA) is 100 Å². The lowest BCUT2D eigenvalue weighted by atomic mass is 9.98. The van der Waals surface area contributed by atoms with Gasteiger partial charge in [-0.25, -0.2) is 4.79 Å². The molecule has 0 unspecified atom stereocenters. The van der Waals surface area contributed by atoms with E-state index >= 15 is 0 Å². The fraction of sp³-hybridized carbons (Fsp3) is 0.350. The van der Waals surface area contributed by atoms with Crippen LogP contribution in [0.3, 0.4) is 0 Å². The van der Waals surface area contributed by atoms with Crippen molar-refractivity contribution in [2.45, 2.75) is 25.8 Å². The molecule has 3 rings (SSSR count). The first kappa shape index (κ1) is 19.9. The first-order valence-electron chi connectivity index (χ1n) is 9.18. The number of aromatic amines is 1. The fourth-order valence-electron chi connectivity index (χ4n) is 3.22. The molecule has 2 heterocycles. The second-order valence-electron chi connectivity index (χ2n) is 6.62. The summed E-state index contributed by atoms with van der Waals surface area (Å²) in [6.45, 7) is 2.60. The van der Waals surface area contributed by atoms with Crippen LogP contribution in [0.5, 0.6) is 0 Å². The smallest absolute Gasteiger partial charge is 0.330 e. The number of benzene rings is 1. The summed E-state index contributed by atoms with van der Waals surface area (Å²) in [5, 5.41) is 7.07. The van der Waals surface area contributed by atoms with E-state index in [1.165, 1.54) is 6.08 Å². The highest BCUT2D eigenvalue weighted by Gasteiger charge is 2.27. The van der Waals surface area contributed by atoms with Crippen molar-refractivity contribution in [1.29, 1.82) is 0 Å². The summed E-state index contributed by atoms with van der Waals surface area (Å²) in [5.41, 5.74) is 1.17. The molecule has 0 saturated carbocycles. The molecule has 1 aliphatic heterocycles. The van der Waals surface area contributed by atoms with Crippen LogP contribution in [0.25, 0.3) is 10.9 Å². The van der Waals surface area contributed by atoms with Crippen molar-refractivity contribution in [3.63, 3.8) is 0 Å². The molecule has 1 aromatic heterocycles. The molecule has 2 atom stereocenters. The van der Waals surface area contributed by atoms with Crippen molar-refractivity contribution < 1.29 is 19.1 Å². The molecule has 2 amide bonds. The maximum Gasteiger partial charge on any atom is 0.330 e. The first-order valence-corrected chi connectivity index (χ1v) is 9.56. The average Bonchev–Trinajstić information content (AvgIpc) is 3.25. The Kier molecular flexibility index (Phi) is 6.36. The van der Waals surface area contributed by atoms with E-state index in [1.54, 1.807) is 37.3 Å². The van der Waals surface area contributed by atoms with Crippen molar-refractivity contribution >= 4 is 40.3 Å².